The highest BCUT2D eigenvalue weighted by molar-refractivity contribution is 6.33. The summed E-state index contributed by atoms with van der Waals surface area (Å²) in [6.07, 6.45) is 5.73. The highest BCUT2D eigenvalue weighted by Gasteiger charge is 2.24. The van der Waals surface area contributed by atoms with E-state index in [4.69, 9.17) is 0 Å². The van der Waals surface area contributed by atoms with E-state index < -0.39 is 0 Å². The Bertz CT molecular complexity index is 746. The topological polar surface area (TPSA) is 62.2 Å². The molecule has 2 aromatic rings. The zero-order valence-corrected chi connectivity index (χ0v) is 11.7. The lowest BCUT2D eigenvalue weighted by Crippen LogP contribution is -2.13. The fourth-order valence-corrected chi connectivity index (χ4v) is 2.38. The van der Waals surface area contributed by atoms with Gasteiger partial charge in [0.15, 0.2) is 0 Å². The van der Waals surface area contributed by atoms with Crippen LogP contribution in [-0.2, 0) is 11.8 Å². The summed E-state index contributed by atoms with van der Waals surface area (Å²) in [5.41, 5.74) is 7.86. The van der Waals surface area contributed by atoms with Crippen molar-refractivity contribution in [1.82, 2.24) is 15.0 Å². The number of aromatic nitrogens is 2. The summed E-state index contributed by atoms with van der Waals surface area (Å²) in [5, 5.41) is 4.14. The second kappa shape index (κ2) is 4.52. The highest BCUT2D eigenvalue weighted by Crippen LogP contribution is 2.19. The first kappa shape index (κ1) is 12.5. The molecule has 2 aromatic heterocycles. The molecule has 1 aliphatic heterocycles. The number of aryl methyl sites for hydroxylation is 3. The lowest BCUT2D eigenvalue weighted by atomic mass is 10.0. The Balaban J connectivity index is 2.04. The second-order valence-electron chi connectivity index (χ2n) is 5.07. The number of carbonyl (C=O) groups is 1. The number of nitrogens with zero attached hydrogens (tertiary/aromatic N) is 2. The Kier molecular flexibility index (Phi) is 2.82. The van der Waals surface area contributed by atoms with Crippen LogP contribution in [0.4, 0.5) is 0 Å². The maximum atomic E-state index is 12.0. The molecular formula is C15H16N4O. The number of rotatable bonds is 2. The van der Waals surface area contributed by atoms with E-state index in [1.807, 2.05) is 50.0 Å². The first-order chi connectivity index (χ1) is 9.54. The van der Waals surface area contributed by atoms with Crippen molar-refractivity contribution in [2.24, 2.45) is 12.1 Å². The largest absolute Gasteiger partial charge is 0.359 e. The third-order valence-electron chi connectivity index (χ3n) is 3.35. The minimum absolute atomic E-state index is 0.171. The molecule has 0 saturated carbocycles. The smallest absolute Gasteiger partial charge is 0.273 e. The van der Waals surface area contributed by atoms with Gasteiger partial charge in [0, 0.05) is 36.4 Å². The highest BCUT2D eigenvalue weighted by atomic mass is 16.2. The lowest BCUT2D eigenvalue weighted by Gasteiger charge is -1.99. The third-order valence-corrected chi connectivity index (χ3v) is 3.35. The van der Waals surface area contributed by atoms with E-state index in [2.05, 4.69) is 21.6 Å². The molecular weight excluding hydrogens is 252 g/mol. The maximum Gasteiger partial charge on any atom is 0.273 e. The zero-order chi connectivity index (χ0) is 14.3. The molecule has 102 valence electrons. The molecule has 0 saturated heterocycles. The fraction of sp³-hybridized carbons (Fsp3) is 0.200. The van der Waals surface area contributed by atoms with Crippen LogP contribution in [-0.4, -0.2) is 21.2 Å². The summed E-state index contributed by atoms with van der Waals surface area (Å²) >= 11 is 0. The van der Waals surface area contributed by atoms with Gasteiger partial charge in [-0.3, -0.25) is 4.79 Å². The van der Waals surface area contributed by atoms with Gasteiger partial charge in [-0.25, -0.2) is 5.43 Å². The normalized spacial score (nSPS) is 16.6. The summed E-state index contributed by atoms with van der Waals surface area (Å²) in [6.45, 7) is 4.01. The first-order valence-electron chi connectivity index (χ1n) is 6.43. The van der Waals surface area contributed by atoms with Crippen LogP contribution < -0.4 is 5.43 Å². The van der Waals surface area contributed by atoms with Gasteiger partial charge in [-0.15, -0.1) is 0 Å². The summed E-state index contributed by atoms with van der Waals surface area (Å²) in [4.78, 5) is 15.2. The molecule has 0 bridgehead atoms. The standard InChI is InChI=1S/C15H16N4O/c1-9-6-10(2)16-13(9)7-12-14(17-18-15(12)20)11-4-5-19(3)8-11/h4-8,16H,1-3H3,(H,18,20)/b12-7-. The van der Waals surface area contributed by atoms with Crippen molar-refractivity contribution in [2.75, 3.05) is 0 Å². The molecule has 1 aliphatic rings. The van der Waals surface area contributed by atoms with Crippen LogP contribution in [0.2, 0.25) is 0 Å². The maximum absolute atomic E-state index is 12.0. The van der Waals surface area contributed by atoms with E-state index >= 15 is 0 Å². The van der Waals surface area contributed by atoms with Crippen LogP contribution in [0.5, 0.6) is 0 Å². The number of nitrogens with one attached hydrogen (secondary N) is 2. The van der Waals surface area contributed by atoms with Gasteiger partial charge < -0.3 is 9.55 Å². The molecule has 5 heteroatoms. The number of aromatic amines is 1. The molecule has 5 nitrogen and oxygen atoms in total. The molecule has 1 amide bonds. The van der Waals surface area contributed by atoms with Crippen LogP contribution in [0, 0.1) is 13.8 Å². The van der Waals surface area contributed by atoms with E-state index in [9.17, 15) is 4.79 Å². The number of H-pyrrole nitrogens is 1. The monoisotopic (exact) mass is 268 g/mol. The molecule has 0 atom stereocenters. The van der Waals surface area contributed by atoms with Crippen molar-refractivity contribution >= 4 is 17.7 Å². The van der Waals surface area contributed by atoms with E-state index in [0.29, 0.717) is 11.3 Å². The van der Waals surface area contributed by atoms with Crippen LogP contribution in [0.1, 0.15) is 22.5 Å². The van der Waals surface area contributed by atoms with Gasteiger partial charge in [0.2, 0.25) is 0 Å². The van der Waals surface area contributed by atoms with E-state index in [1.165, 1.54) is 0 Å². The summed E-state index contributed by atoms with van der Waals surface area (Å²) in [6, 6.07) is 4.00. The molecule has 0 aromatic carbocycles. The van der Waals surface area contributed by atoms with E-state index in [0.717, 1.165) is 22.5 Å². The van der Waals surface area contributed by atoms with Crippen molar-refractivity contribution in [3.8, 4) is 0 Å². The van der Waals surface area contributed by atoms with Crippen molar-refractivity contribution < 1.29 is 4.79 Å². The van der Waals surface area contributed by atoms with Crippen LogP contribution in [0.15, 0.2) is 35.2 Å². The molecule has 0 spiro atoms. The average molecular weight is 268 g/mol. The number of carbonyl (C=O) groups excluding carboxylic acids is 1. The number of hydrogen-bond acceptors (Lipinski definition) is 2. The van der Waals surface area contributed by atoms with Gasteiger partial charge in [-0.1, -0.05) is 0 Å². The number of amides is 1. The van der Waals surface area contributed by atoms with Crippen LogP contribution in [0.25, 0.3) is 6.08 Å². The van der Waals surface area contributed by atoms with E-state index in [1.54, 1.807) is 0 Å². The molecule has 0 fully saturated rings. The number of hydrazone groups is 1. The Morgan fingerprint density at radius 2 is 2.15 bits per heavy atom. The number of hydrogen-bond donors (Lipinski definition) is 2. The predicted molar refractivity (Wildman–Crippen MR) is 78.3 cm³/mol. The average Bonchev–Trinajstić information content (AvgIpc) is 3.03. The van der Waals surface area contributed by atoms with Crippen molar-refractivity contribution in [3.63, 3.8) is 0 Å². The zero-order valence-electron chi connectivity index (χ0n) is 11.7. The molecule has 20 heavy (non-hydrogen) atoms. The van der Waals surface area contributed by atoms with Crippen molar-refractivity contribution in [1.29, 1.82) is 0 Å². The lowest BCUT2D eigenvalue weighted by molar-refractivity contribution is -0.116. The predicted octanol–water partition coefficient (Wildman–Crippen LogP) is 1.89. The summed E-state index contributed by atoms with van der Waals surface area (Å²) in [7, 11) is 1.94. The third kappa shape index (κ3) is 2.07. The minimum Gasteiger partial charge on any atom is -0.359 e. The van der Waals surface area contributed by atoms with E-state index in [-0.39, 0.29) is 5.91 Å². The summed E-state index contributed by atoms with van der Waals surface area (Å²) in [5.74, 6) is -0.171. The fourth-order valence-electron chi connectivity index (χ4n) is 2.38. The van der Waals surface area contributed by atoms with Gasteiger partial charge in [-0.2, -0.15) is 5.10 Å². The molecule has 0 aliphatic carbocycles. The Labute approximate surface area is 117 Å². The van der Waals surface area contributed by atoms with Crippen molar-refractivity contribution in [3.05, 3.63) is 52.6 Å². The molecule has 0 unspecified atom stereocenters. The SMILES string of the molecule is Cc1cc(C)c(/C=C2\C(=O)NN=C2c2ccn(C)c2)[nH]1. The van der Waals surface area contributed by atoms with Gasteiger partial charge >= 0.3 is 0 Å². The molecule has 0 radical (unpaired) electrons. The Morgan fingerprint density at radius 3 is 2.75 bits per heavy atom. The molecule has 3 rings (SSSR count). The van der Waals surface area contributed by atoms with Crippen LogP contribution >= 0.6 is 0 Å². The van der Waals surface area contributed by atoms with Crippen LogP contribution in [0.3, 0.4) is 0 Å². The quantitative estimate of drug-likeness (QED) is 0.803. The van der Waals surface area contributed by atoms with Gasteiger partial charge in [-0.05, 0) is 37.6 Å². The molecule has 3 heterocycles. The van der Waals surface area contributed by atoms with Gasteiger partial charge in [0.1, 0.15) is 5.71 Å². The van der Waals surface area contributed by atoms with Gasteiger partial charge in [0.05, 0.1) is 5.57 Å². The Hall–Kier alpha value is -2.56. The second-order valence-corrected chi connectivity index (χ2v) is 5.07. The Morgan fingerprint density at radius 1 is 1.35 bits per heavy atom. The first-order valence-corrected chi connectivity index (χ1v) is 6.43. The van der Waals surface area contributed by atoms with Gasteiger partial charge in [0.25, 0.3) is 5.91 Å². The summed E-state index contributed by atoms with van der Waals surface area (Å²) < 4.78 is 1.93. The van der Waals surface area contributed by atoms with Crippen molar-refractivity contribution in [2.45, 2.75) is 13.8 Å². The molecule has 2 N–H and O–H groups in total. The minimum atomic E-state index is -0.171.